The number of methoxy groups -OCH3 is 1. The molecule has 0 unspecified atom stereocenters. The van der Waals surface area contributed by atoms with Crippen LogP contribution in [0.15, 0.2) is 0 Å². The Bertz CT molecular complexity index is 70.4. The molecule has 0 atom stereocenters. The first kappa shape index (κ1) is 7.23. The van der Waals surface area contributed by atoms with Crippen LogP contribution < -0.4 is 0 Å². The molecule has 0 aliphatic rings. The molecule has 4 heteroatoms. The Morgan fingerprint density at radius 3 is 2.62 bits per heavy atom. The lowest BCUT2D eigenvalue weighted by atomic mass is 10.8. The van der Waals surface area contributed by atoms with Crippen molar-refractivity contribution in [3.63, 3.8) is 0 Å². The third-order valence-electron chi connectivity index (χ3n) is 0.513. The van der Waals surface area contributed by atoms with E-state index in [9.17, 15) is 4.79 Å². The molecule has 4 nitrogen and oxygen atoms in total. The van der Waals surface area contributed by atoms with E-state index < -0.39 is 6.16 Å². The van der Waals surface area contributed by atoms with Gasteiger partial charge in [-0.25, -0.2) is 4.79 Å². The van der Waals surface area contributed by atoms with Gasteiger partial charge in [-0.1, -0.05) is 0 Å². The molecule has 0 aromatic heterocycles. The van der Waals surface area contributed by atoms with Crippen molar-refractivity contribution in [3.8, 4) is 0 Å². The Morgan fingerprint density at radius 2 is 2.25 bits per heavy atom. The molecule has 0 saturated carbocycles. The summed E-state index contributed by atoms with van der Waals surface area (Å²) in [5.74, 6) is 0. The highest BCUT2D eigenvalue weighted by atomic mass is 16.7. The largest absolute Gasteiger partial charge is 0.505 e. The van der Waals surface area contributed by atoms with Crippen molar-refractivity contribution in [3.05, 3.63) is 0 Å². The van der Waals surface area contributed by atoms with Gasteiger partial charge in [0.25, 0.3) is 0 Å². The molecular formula is C4H8O4. The molecule has 0 amide bonds. The van der Waals surface area contributed by atoms with Crippen molar-refractivity contribution in [1.82, 2.24) is 0 Å². The zero-order chi connectivity index (χ0) is 6.41. The van der Waals surface area contributed by atoms with Crippen LogP contribution in [0, 0.1) is 0 Å². The monoisotopic (exact) mass is 120 g/mol. The molecule has 0 rings (SSSR count). The topological polar surface area (TPSA) is 55.8 Å². The van der Waals surface area contributed by atoms with E-state index in [0.717, 1.165) is 0 Å². The summed E-state index contributed by atoms with van der Waals surface area (Å²) < 4.78 is 8.58. The first-order valence-corrected chi connectivity index (χ1v) is 2.12. The molecule has 0 aliphatic carbocycles. The van der Waals surface area contributed by atoms with Crippen LogP contribution in [-0.2, 0) is 9.47 Å². The molecule has 0 spiro atoms. The van der Waals surface area contributed by atoms with Crippen LogP contribution in [0.25, 0.3) is 0 Å². The van der Waals surface area contributed by atoms with E-state index in [1.54, 1.807) is 0 Å². The predicted octanol–water partition coefficient (Wildman–Crippen LogP) is 0.327. The Kier molecular flexibility index (Phi) is 3.97. The van der Waals surface area contributed by atoms with Crippen molar-refractivity contribution < 1.29 is 19.4 Å². The number of ether oxygens (including phenoxy) is 2. The van der Waals surface area contributed by atoms with E-state index in [1.807, 2.05) is 0 Å². The van der Waals surface area contributed by atoms with Crippen LogP contribution in [0.3, 0.4) is 0 Å². The zero-order valence-corrected chi connectivity index (χ0v) is 4.59. The van der Waals surface area contributed by atoms with Crippen LogP contribution in [-0.4, -0.2) is 31.6 Å². The van der Waals surface area contributed by atoms with Gasteiger partial charge < -0.3 is 14.6 Å². The third kappa shape index (κ3) is 5.23. The summed E-state index contributed by atoms with van der Waals surface area (Å²) in [7, 11) is 1.48. The van der Waals surface area contributed by atoms with Gasteiger partial charge in [0.05, 0.1) is 6.61 Å². The lowest BCUT2D eigenvalue weighted by molar-refractivity contribution is 0.0630. The fourth-order valence-electron chi connectivity index (χ4n) is 0.212. The number of hydrogen-bond acceptors (Lipinski definition) is 3. The van der Waals surface area contributed by atoms with Gasteiger partial charge in [0, 0.05) is 7.11 Å². The van der Waals surface area contributed by atoms with Crippen LogP contribution >= 0.6 is 0 Å². The van der Waals surface area contributed by atoms with Crippen molar-refractivity contribution >= 4 is 6.16 Å². The van der Waals surface area contributed by atoms with Crippen molar-refractivity contribution in [2.75, 3.05) is 20.3 Å². The second-order valence-electron chi connectivity index (χ2n) is 1.11. The van der Waals surface area contributed by atoms with Crippen molar-refractivity contribution in [2.24, 2.45) is 0 Å². The van der Waals surface area contributed by atoms with Gasteiger partial charge in [-0.15, -0.1) is 0 Å². The highest BCUT2D eigenvalue weighted by molar-refractivity contribution is 5.56. The van der Waals surface area contributed by atoms with E-state index in [1.165, 1.54) is 7.11 Å². The summed E-state index contributed by atoms with van der Waals surface area (Å²) in [6.07, 6.45) is -1.26. The average molecular weight is 120 g/mol. The van der Waals surface area contributed by atoms with Crippen LogP contribution in [0.5, 0.6) is 0 Å². The fourth-order valence-corrected chi connectivity index (χ4v) is 0.212. The minimum absolute atomic E-state index is 0.103. The van der Waals surface area contributed by atoms with Gasteiger partial charge in [-0.3, -0.25) is 0 Å². The zero-order valence-electron chi connectivity index (χ0n) is 4.59. The lowest BCUT2D eigenvalue weighted by Crippen LogP contribution is -2.06. The van der Waals surface area contributed by atoms with Crippen LogP contribution in [0.2, 0.25) is 0 Å². The molecule has 0 bridgehead atoms. The van der Waals surface area contributed by atoms with Crippen LogP contribution in [0.1, 0.15) is 0 Å². The van der Waals surface area contributed by atoms with E-state index in [0.29, 0.717) is 6.61 Å². The van der Waals surface area contributed by atoms with Gasteiger partial charge in [0.1, 0.15) is 6.61 Å². The van der Waals surface area contributed by atoms with Gasteiger partial charge in [0.15, 0.2) is 0 Å². The highest BCUT2D eigenvalue weighted by Gasteiger charge is 1.91. The van der Waals surface area contributed by atoms with Crippen molar-refractivity contribution in [1.29, 1.82) is 0 Å². The van der Waals surface area contributed by atoms with E-state index in [4.69, 9.17) is 5.11 Å². The molecule has 0 radical (unpaired) electrons. The molecule has 0 saturated heterocycles. The summed E-state index contributed by atoms with van der Waals surface area (Å²) in [5, 5.41) is 7.86. The van der Waals surface area contributed by atoms with E-state index in [2.05, 4.69) is 9.47 Å². The second-order valence-corrected chi connectivity index (χ2v) is 1.11. The molecule has 8 heavy (non-hydrogen) atoms. The Hall–Kier alpha value is -0.770. The van der Waals surface area contributed by atoms with Gasteiger partial charge in [-0.05, 0) is 0 Å². The number of hydrogen-bond donors (Lipinski definition) is 1. The Balaban J connectivity index is 2.82. The maximum atomic E-state index is 9.60. The SMILES string of the molecule is COCCOC(=O)O. The summed E-state index contributed by atoms with van der Waals surface area (Å²) in [5.41, 5.74) is 0. The average Bonchev–Trinajstić information content (AvgIpc) is 1.66. The van der Waals surface area contributed by atoms with Crippen LogP contribution in [0.4, 0.5) is 4.79 Å². The van der Waals surface area contributed by atoms with Gasteiger partial charge >= 0.3 is 6.16 Å². The number of carboxylic acid groups (broad SMARTS) is 1. The maximum absolute atomic E-state index is 9.60. The summed E-state index contributed by atoms with van der Waals surface area (Å²) in [6, 6.07) is 0. The number of rotatable bonds is 3. The first-order chi connectivity index (χ1) is 3.77. The minimum Gasteiger partial charge on any atom is -0.450 e. The molecule has 0 heterocycles. The van der Waals surface area contributed by atoms with Gasteiger partial charge in [-0.2, -0.15) is 0 Å². The van der Waals surface area contributed by atoms with Gasteiger partial charge in [0.2, 0.25) is 0 Å². The summed E-state index contributed by atoms with van der Waals surface area (Å²) in [6.45, 7) is 0.415. The quantitative estimate of drug-likeness (QED) is 0.430. The van der Waals surface area contributed by atoms with E-state index in [-0.39, 0.29) is 6.61 Å². The molecular weight excluding hydrogens is 112 g/mol. The molecule has 0 aliphatic heterocycles. The second kappa shape index (κ2) is 4.39. The summed E-state index contributed by atoms with van der Waals surface area (Å²) >= 11 is 0. The highest BCUT2D eigenvalue weighted by Crippen LogP contribution is 1.74. The molecule has 1 N–H and O–H groups in total. The first-order valence-electron chi connectivity index (χ1n) is 2.12. The molecule has 0 aromatic rings. The minimum atomic E-state index is -1.26. The summed E-state index contributed by atoms with van der Waals surface area (Å²) in [4.78, 5) is 9.60. The van der Waals surface area contributed by atoms with Crippen molar-refractivity contribution in [2.45, 2.75) is 0 Å². The van der Waals surface area contributed by atoms with E-state index >= 15 is 0 Å². The molecule has 0 aromatic carbocycles. The molecule has 48 valence electrons. The third-order valence-corrected chi connectivity index (χ3v) is 0.513. The fraction of sp³-hybridized carbons (Fsp3) is 0.750. The standard InChI is InChI=1S/C4H8O4/c1-7-2-3-8-4(5)6/h2-3H2,1H3,(H,5,6). The number of carbonyl (C=O) groups is 1. The smallest absolute Gasteiger partial charge is 0.450 e. The predicted molar refractivity (Wildman–Crippen MR) is 25.9 cm³/mol. The Morgan fingerprint density at radius 1 is 1.62 bits per heavy atom. The normalized spacial score (nSPS) is 8.62. The lowest BCUT2D eigenvalue weighted by Gasteiger charge is -1.95. The Labute approximate surface area is 47.0 Å². The molecule has 0 fully saturated rings. The maximum Gasteiger partial charge on any atom is 0.505 e.